The van der Waals surface area contributed by atoms with E-state index in [4.69, 9.17) is 11.6 Å². The van der Waals surface area contributed by atoms with Gasteiger partial charge in [0.1, 0.15) is 0 Å². The first-order valence-electron chi connectivity index (χ1n) is 6.82. The highest BCUT2D eigenvalue weighted by Crippen LogP contribution is 2.32. The molecule has 1 aromatic heterocycles. The van der Waals surface area contributed by atoms with E-state index in [2.05, 4.69) is 5.10 Å². The maximum absolute atomic E-state index is 12.9. The smallest absolute Gasteiger partial charge is 0.416 e. The summed E-state index contributed by atoms with van der Waals surface area (Å²) in [4.78, 5) is 11.3. The molecule has 3 aromatic rings. The number of hydrogen-bond acceptors (Lipinski definition) is 2. The third kappa shape index (κ3) is 2.94. The molecular formula is C16H10ClF3N2O2. The fourth-order valence-corrected chi connectivity index (χ4v) is 2.62. The van der Waals surface area contributed by atoms with Gasteiger partial charge in [-0.1, -0.05) is 29.8 Å². The second-order valence-electron chi connectivity index (χ2n) is 5.13. The molecule has 0 radical (unpaired) electrons. The number of para-hydroxylation sites is 1. The minimum absolute atomic E-state index is 0.0729. The van der Waals surface area contributed by atoms with E-state index in [1.54, 1.807) is 24.3 Å². The van der Waals surface area contributed by atoms with Gasteiger partial charge >= 0.3 is 12.1 Å². The van der Waals surface area contributed by atoms with Crippen LogP contribution in [0.4, 0.5) is 13.2 Å². The highest BCUT2D eigenvalue weighted by molar-refractivity contribution is 6.31. The molecule has 24 heavy (non-hydrogen) atoms. The predicted molar refractivity (Wildman–Crippen MR) is 82.2 cm³/mol. The number of carboxylic acid groups (broad SMARTS) is 1. The molecule has 2 aromatic carbocycles. The van der Waals surface area contributed by atoms with Crippen molar-refractivity contribution < 1.29 is 23.1 Å². The Hall–Kier alpha value is -2.54. The molecule has 124 valence electrons. The van der Waals surface area contributed by atoms with Gasteiger partial charge in [0.05, 0.1) is 17.6 Å². The lowest BCUT2D eigenvalue weighted by Crippen LogP contribution is -2.08. The molecule has 0 spiro atoms. The van der Waals surface area contributed by atoms with Crippen LogP contribution in [0.25, 0.3) is 10.9 Å². The number of fused-ring (bicyclic) bond motifs is 1. The van der Waals surface area contributed by atoms with Gasteiger partial charge in [0, 0.05) is 10.4 Å². The fraction of sp³-hybridized carbons (Fsp3) is 0.125. The number of carbonyl (C=O) groups is 1. The molecule has 0 fully saturated rings. The van der Waals surface area contributed by atoms with E-state index in [9.17, 15) is 23.1 Å². The lowest BCUT2D eigenvalue weighted by atomic mass is 10.1. The minimum Gasteiger partial charge on any atom is -0.476 e. The lowest BCUT2D eigenvalue weighted by molar-refractivity contribution is -0.137. The molecule has 0 bridgehead atoms. The van der Waals surface area contributed by atoms with Crippen molar-refractivity contribution in [3.63, 3.8) is 0 Å². The largest absolute Gasteiger partial charge is 0.476 e. The summed E-state index contributed by atoms with van der Waals surface area (Å²) in [7, 11) is 0. The van der Waals surface area contributed by atoms with Crippen LogP contribution in [0.1, 0.15) is 21.6 Å². The number of benzene rings is 2. The third-order valence-electron chi connectivity index (χ3n) is 3.55. The van der Waals surface area contributed by atoms with E-state index in [0.29, 0.717) is 10.9 Å². The van der Waals surface area contributed by atoms with Crippen LogP contribution in [0.5, 0.6) is 0 Å². The Bertz CT molecular complexity index is 935. The summed E-state index contributed by atoms with van der Waals surface area (Å²) in [5.41, 5.74) is -0.273. The molecular weight excluding hydrogens is 345 g/mol. The number of carboxylic acids is 1. The van der Waals surface area contributed by atoms with E-state index in [1.165, 1.54) is 10.7 Å². The maximum atomic E-state index is 12.9. The Balaban J connectivity index is 2.09. The molecule has 0 saturated carbocycles. The molecule has 4 nitrogen and oxygen atoms in total. The van der Waals surface area contributed by atoms with E-state index >= 15 is 0 Å². The second-order valence-corrected chi connectivity index (χ2v) is 5.54. The zero-order chi connectivity index (χ0) is 17.5. The number of nitrogens with zero attached hydrogens (tertiary/aromatic N) is 2. The average Bonchev–Trinajstić information content (AvgIpc) is 2.87. The SMILES string of the molecule is O=C(O)c1nn(Cc2cc(C(F)(F)F)ccc2Cl)c2ccccc12. The van der Waals surface area contributed by atoms with Crippen molar-refractivity contribution in [2.45, 2.75) is 12.7 Å². The summed E-state index contributed by atoms with van der Waals surface area (Å²) in [5.74, 6) is -1.21. The fourth-order valence-electron chi connectivity index (χ4n) is 2.44. The minimum atomic E-state index is -4.49. The molecule has 0 amide bonds. The zero-order valence-electron chi connectivity index (χ0n) is 12.0. The topological polar surface area (TPSA) is 55.1 Å². The van der Waals surface area contributed by atoms with Gasteiger partial charge in [-0.25, -0.2) is 4.79 Å². The van der Waals surface area contributed by atoms with Crippen LogP contribution in [0, 0.1) is 0 Å². The van der Waals surface area contributed by atoms with Crippen molar-refractivity contribution in [3.05, 3.63) is 64.3 Å². The summed E-state index contributed by atoms with van der Waals surface area (Å²) in [6.07, 6.45) is -4.49. The molecule has 0 aliphatic heterocycles. The number of aromatic nitrogens is 2. The van der Waals surface area contributed by atoms with Crippen LogP contribution in [-0.2, 0) is 12.7 Å². The lowest BCUT2D eigenvalue weighted by Gasteiger charge is -2.11. The van der Waals surface area contributed by atoms with Crippen molar-refractivity contribution in [1.29, 1.82) is 0 Å². The zero-order valence-corrected chi connectivity index (χ0v) is 12.8. The van der Waals surface area contributed by atoms with E-state index in [1.807, 2.05) is 0 Å². The molecule has 0 aliphatic carbocycles. The van der Waals surface area contributed by atoms with Gasteiger partial charge < -0.3 is 5.11 Å². The van der Waals surface area contributed by atoms with Gasteiger partial charge in [0.15, 0.2) is 5.69 Å². The summed E-state index contributed by atoms with van der Waals surface area (Å²) in [6, 6.07) is 9.61. The van der Waals surface area contributed by atoms with Crippen LogP contribution in [-0.4, -0.2) is 20.9 Å². The number of alkyl halides is 3. The van der Waals surface area contributed by atoms with Crippen molar-refractivity contribution in [2.24, 2.45) is 0 Å². The van der Waals surface area contributed by atoms with Crippen LogP contribution >= 0.6 is 11.6 Å². The molecule has 1 N–H and O–H groups in total. The summed E-state index contributed by atoms with van der Waals surface area (Å²) >= 11 is 5.99. The van der Waals surface area contributed by atoms with Gasteiger partial charge in [0.2, 0.25) is 0 Å². The first-order valence-corrected chi connectivity index (χ1v) is 7.19. The summed E-state index contributed by atoms with van der Waals surface area (Å²) in [6.45, 7) is -0.0729. The highest BCUT2D eigenvalue weighted by atomic mass is 35.5. The van der Waals surface area contributed by atoms with Crippen molar-refractivity contribution >= 4 is 28.5 Å². The Morgan fingerprint density at radius 3 is 2.58 bits per heavy atom. The molecule has 0 saturated heterocycles. The monoisotopic (exact) mass is 354 g/mol. The van der Waals surface area contributed by atoms with Crippen LogP contribution < -0.4 is 0 Å². The van der Waals surface area contributed by atoms with E-state index < -0.39 is 17.7 Å². The number of aromatic carboxylic acids is 1. The molecule has 0 aliphatic rings. The molecule has 8 heteroatoms. The Kier molecular flexibility index (Phi) is 3.96. The van der Waals surface area contributed by atoms with Gasteiger partial charge in [0.25, 0.3) is 0 Å². The first kappa shape index (κ1) is 16.3. The molecule has 0 atom stereocenters. The van der Waals surface area contributed by atoms with Gasteiger partial charge in [-0.05, 0) is 29.8 Å². The summed E-state index contributed by atoms with van der Waals surface area (Å²) in [5, 5.41) is 13.8. The third-order valence-corrected chi connectivity index (χ3v) is 3.92. The van der Waals surface area contributed by atoms with Crippen LogP contribution in [0.3, 0.4) is 0 Å². The van der Waals surface area contributed by atoms with E-state index in [0.717, 1.165) is 12.1 Å². The normalized spacial score (nSPS) is 11.8. The molecule has 3 rings (SSSR count). The van der Waals surface area contributed by atoms with Crippen molar-refractivity contribution in [1.82, 2.24) is 9.78 Å². The number of rotatable bonds is 3. The second kappa shape index (κ2) is 5.83. The average molecular weight is 355 g/mol. The van der Waals surface area contributed by atoms with E-state index in [-0.39, 0.29) is 22.8 Å². The number of hydrogen-bond donors (Lipinski definition) is 1. The molecule has 0 unspecified atom stereocenters. The number of halogens is 4. The Morgan fingerprint density at radius 1 is 1.21 bits per heavy atom. The van der Waals surface area contributed by atoms with Gasteiger partial charge in [-0.15, -0.1) is 0 Å². The van der Waals surface area contributed by atoms with Gasteiger partial charge in [-0.3, -0.25) is 4.68 Å². The highest BCUT2D eigenvalue weighted by Gasteiger charge is 2.31. The molecule has 1 heterocycles. The standard InChI is InChI=1S/C16H10ClF3N2O2/c17-12-6-5-10(16(18,19)20)7-9(12)8-22-13-4-2-1-3-11(13)14(21-22)15(23)24/h1-7H,8H2,(H,23,24). The quantitative estimate of drug-likeness (QED) is 0.755. The Labute approximate surface area is 139 Å². The van der Waals surface area contributed by atoms with Crippen molar-refractivity contribution in [2.75, 3.05) is 0 Å². The Morgan fingerprint density at radius 2 is 1.92 bits per heavy atom. The van der Waals surface area contributed by atoms with Crippen LogP contribution in [0.15, 0.2) is 42.5 Å². The summed E-state index contributed by atoms with van der Waals surface area (Å²) < 4.78 is 39.9. The van der Waals surface area contributed by atoms with Crippen LogP contribution in [0.2, 0.25) is 5.02 Å². The maximum Gasteiger partial charge on any atom is 0.416 e. The van der Waals surface area contributed by atoms with Crippen molar-refractivity contribution in [3.8, 4) is 0 Å². The predicted octanol–water partition coefficient (Wildman–Crippen LogP) is 4.46. The van der Waals surface area contributed by atoms with Gasteiger partial charge in [-0.2, -0.15) is 18.3 Å². The first-order chi connectivity index (χ1) is 11.3.